The van der Waals surface area contributed by atoms with Crippen LogP contribution >= 0.6 is 0 Å². The van der Waals surface area contributed by atoms with Gasteiger partial charge in [0, 0.05) is 25.6 Å². The van der Waals surface area contributed by atoms with Crippen molar-refractivity contribution in [3.63, 3.8) is 0 Å². The molecule has 6 heteroatoms. The van der Waals surface area contributed by atoms with Crippen molar-refractivity contribution >= 4 is 11.9 Å². The molecule has 26 heavy (non-hydrogen) atoms. The summed E-state index contributed by atoms with van der Waals surface area (Å²) >= 11 is 0. The molecule has 6 nitrogen and oxygen atoms in total. The van der Waals surface area contributed by atoms with Crippen molar-refractivity contribution in [2.75, 3.05) is 19.7 Å². The Morgan fingerprint density at radius 2 is 2.08 bits per heavy atom. The molecule has 3 rings (SSSR count). The van der Waals surface area contributed by atoms with Gasteiger partial charge in [-0.2, -0.15) is 0 Å². The van der Waals surface area contributed by atoms with Crippen LogP contribution in [0.3, 0.4) is 0 Å². The second-order valence-corrected chi connectivity index (χ2v) is 7.33. The summed E-state index contributed by atoms with van der Waals surface area (Å²) in [6.45, 7) is 4.24. The van der Waals surface area contributed by atoms with Gasteiger partial charge in [-0.15, -0.1) is 0 Å². The predicted molar refractivity (Wildman–Crippen MR) is 98.4 cm³/mol. The lowest BCUT2D eigenvalue weighted by Gasteiger charge is -2.24. The molecular formula is C20H28N2O4. The number of hydrogen-bond donors (Lipinski definition) is 2. The summed E-state index contributed by atoms with van der Waals surface area (Å²) in [6.07, 6.45) is 3.67. The summed E-state index contributed by atoms with van der Waals surface area (Å²) in [5.74, 6) is 0.535. The van der Waals surface area contributed by atoms with Crippen molar-refractivity contribution in [1.82, 2.24) is 10.2 Å². The van der Waals surface area contributed by atoms with Crippen LogP contribution in [0.4, 0.5) is 0 Å². The zero-order valence-electron chi connectivity index (χ0n) is 15.3. The molecule has 0 bridgehead atoms. The number of benzene rings is 1. The number of nitrogens with zero attached hydrogens (tertiary/aromatic N) is 1. The molecule has 2 aliphatic heterocycles. The van der Waals surface area contributed by atoms with E-state index in [-0.39, 0.29) is 18.4 Å². The van der Waals surface area contributed by atoms with E-state index in [1.54, 1.807) is 0 Å². The zero-order chi connectivity index (χ0) is 18.5. The Morgan fingerprint density at radius 1 is 1.31 bits per heavy atom. The molecule has 0 aromatic heterocycles. The average molecular weight is 360 g/mol. The van der Waals surface area contributed by atoms with E-state index in [1.165, 1.54) is 5.56 Å². The van der Waals surface area contributed by atoms with Gasteiger partial charge in [-0.25, -0.2) is 0 Å². The van der Waals surface area contributed by atoms with Crippen LogP contribution in [0.5, 0.6) is 5.75 Å². The fraction of sp³-hybridized carbons (Fsp3) is 0.600. The van der Waals surface area contributed by atoms with Crippen molar-refractivity contribution in [2.24, 2.45) is 0 Å². The summed E-state index contributed by atoms with van der Waals surface area (Å²) in [5, 5.41) is 12.0. The first-order valence-electron chi connectivity index (χ1n) is 9.53. The quantitative estimate of drug-likeness (QED) is 0.730. The lowest BCUT2D eigenvalue weighted by molar-refractivity contribution is -0.137. The van der Waals surface area contributed by atoms with Gasteiger partial charge in [-0.1, -0.05) is 12.1 Å². The number of ether oxygens (including phenoxy) is 1. The molecule has 2 saturated heterocycles. The van der Waals surface area contributed by atoms with E-state index >= 15 is 0 Å². The lowest BCUT2D eigenvalue weighted by Crippen LogP contribution is -2.44. The summed E-state index contributed by atoms with van der Waals surface area (Å²) in [6, 6.07) is 8.23. The van der Waals surface area contributed by atoms with Crippen LogP contribution in [0.15, 0.2) is 24.3 Å². The molecule has 2 fully saturated rings. The topological polar surface area (TPSA) is 78.9 Å². The molecule has 1 amide bonds. The number of carboxylic acids is 1. The van der Waals surface area contributed by atoms with Gasteiger partial charge in [-0.3, -0.25) is 9.59 Å². The number of aliphatic carboxylic acids is 1. The van der Waals surface area contributed by atoms with E-state index in [0.717, 1.165) is 38.1 Å². The van der Waals surface area contributed by atoms with Gasteiger partial charge in [0.05, 0.1) is 12.6 Å². The van der Waals surface area contributed by atoms with Gasteiger partial charge in [-0.05, 0) is 56.2 Å². The minimum Gasteiger partial charge on any atom is -0.494 e. The Kier molecular flexibility index (Phi) is 6.14. The second kappa shape index (κ2) is 8.54. The molecule has 1 aromatic rings. The molecule has 3 atom stereocenters. The van der Waals surface area contributed by atoms with Gasteiger partial charge in [0.25, 0.3) is 0 Å². The lowest BCUT2D eigenvalue weighted by atomic mass is 9.96. The standard InChI is InChI=1S/C20H28N2O4/c1-14-4-2-10-22(14)20(25)18-12-16(13-21-18)15-6-8-17(9-7-15)26-11-3-5-19(23)24/h6-9,14,16,18,21H,2-5,10-13H2,1H3,(H,23,24)/t14-,16+,18+/m1/s1. The van der Waals surface area contributed by atoms with Gasteiger partial charge in [0.2, 0.25) is 5.91 Å². The number of amides is 1. The Morgan fingerprint density at radius 3 is 2.73 bits per heavy atom. The molecule has 0 unspecified atom stereocenters. The molecule has 2 N–H and O–H groups in total. The summed E-state index contributed by atoms with van der Waals surface area (Å²) in [7, 11) is 0. The minimum atomic E-state index is -0.801. The normalized spacial score (nSPS) is 25.4. The molecule has 142 valence electrons. The Balaban J connectivity index is 1.49. The van der Waals surface area contributed by atoms with Crippen LogP contribution in [0.1, 0.15) is 50.5 Å². The van der Waals surface area contributed by atoms with Crippen LogP contribution in [-0.4, -0.2) is 53.7 Å². The Bertz CT molecular complexity index is 631. The highest BCUT2D eigenvalue weighted by atomic mass is 16.5. The number of carbonyl (C=O) groups is 2. The van der Waals surface area contributed by atoms with Gasteiger partial charge in [0.1, 0.15) is 5.75 Å². The van der Waals surface area contributed by atoms with Crippen LogP contribution in [0.2, 0.25) is 0 Å². The van der Waals surface area contributed by atoms with E-state index in [9.17, 15) is 9.59 Å². The Labute approximate surface area is 154 Å². The number of likely N-dealkylation sites (tertiary alicyclic amines) is 1. The third kappa shape index (κ3) is 4.55. The van der Waals surface area contributed by atoms with E-state index in [1.807, 2.05) is 29.2 Å². The largest absolute Gasteiger partial charge is 0.494 e. The maximum Gasteiger partial charge on any atom is 0.303 e. The number of nitrogens with one attached hydrogen (secondary N) is 1. The Hall–Kier alpha value is -2.08. The molecule has 0 aliphatic carbocycles. The summed E-state index contributed by atoms with van der Waals surface area (Å²) in [5.41, 5.74) is 1.21. The molecule has 0 spiro atoms. The van der Waals surface area contributed by atoms with E-state index < -0.39 is 5.97 Å². The van der Waals surface area contributed by atoms with Crippen molar-refractivity contribution in [2.45, 2.75) is 57.0 Å². The molecule has 0 saturated carbocycles. The first-order valence-corrected chi connectivity index (χ1v) is 9.53. The zero-order valence-corrected chi connectivity index (χ0v) is 15.3. The predicted octanol–water partition coefficient (Wildman–Crippen LogP) is 2.39. The van der Waals surface area contributed by atoms with Crippen LogP contribution in [-0.2, 0) is 9.59 Å². The van der Waals surface area contributed by atoms with Gasteiger partial charge >= 0.3 is 5.97 Å². The van der Waals surface area contributed by atoms with Crippen LogP contribution < -0.4 is 10.1 Å². The molecule has 1 aromatic carbocycles. The molecule has 0 radical (unpaired) electrons. The number of rotatable bonds is 7. The van der Waals surface area contributed by atoms with Crippen molar-refractivity contribution < 1.29 is 19.4 Å². The molecule has 2 aliphatic rings. The van der Waals surface area contributed by atoms with E-state index in [2.05, 4.69) is 12.2 Å². The fourth-order valence-corrected chi connectivity index (χ4v) is 3.89. The molecule has 2 heterocycles. The van der Waals surface area contributed by atoms with Gasteiger partial charge < -0.3 is 20.1 Å². The molecular weight excluding hydrogens is 332 g/mol. The van der Waals surface area contributed by atoms with E-state index in [4.69, 9.17) is 9.84 Å². The van der Waals surface area contributed by atoms with Gasteiger partial charge in [0.15, 0.2) is 0 Å². The third-order valence-electron chi connectivity index (χ3n) is 5.42. The maximum absolute atomic E-state index is 12.7. The van der Waals surface area contributed by atoms with Crippen molar-refractivity contribution in [3.05, 3.63) is 29.8 Å². The highest BCUT2D eigenvalue weighted by molar-refractivity contribution is 5.83. The minimum absolute atomic E-state index is 0.0764. The number of hydrogen-bond acceptors (Lipinski definition) is 4. The SMILES string of the molecule is C[C@@H]1CCCN1C(=O)[C@@H]1C[C@H](c2ccc(OCCCC(=O)O)cc2)CN1. The number of carbonyl (C=O) groups excluding carboxylic acids is 1. The first-order chi connectivity index (χ1) is 12.5. The van der Waals surface area contributed by atoms with Crippen LogP contribution in [0.25, 0.3) is 0 Å². The first kappa shape index (κ1) is 18.7. The number of carboxylic acid groups (broad SMARTS) is 1. The second-order valence-electron chi connectivity index (χ2n) is 7.33. The van der Waals surface area contributed by atoms with Crippen molar-refractivity contribution in [3.8, 4) is 5.75 Å². The van der Waals surface area contributed by atoms with Crippen molar-refractivity contribution in [1.29, 1.82) is 0 Å². The van der Waals surface area contributed by atoms with Crippen LogP contribution in [0, 0.1) is 0 Å². The monoisotopic (exact) mass is 360 g/mol. The average Bonchev–Trinajstić information content (AvgIpc) is 3.28. The smallest absolute Gasteiger partial charge is 0.303 e. The highest BCUT2D eigenvalue weighted by Crippen LogP contribution is 2.29. The third-order valence-corrected chi connectivity index (χ3v) is 5.42. The fourth-order valence-electron chi connectivity index (χ4n) is 3.89. The summed E-state index contributed by atoms with van der Waals surface area (Å²) < 4.78 is 5.57. The van der Waals surface area contributed by atoms with E-state index in [0.29, 0.717) is 25.0 Å². The highest BCUT2D eigenvalue weighted by Gasteiger charge is 2.35. The maximum atomic E-state index is 12.7. The summed E-state index contributed by atoms with van der Waals surface area (Å²) in [4.78, 5) is 25.2.